The first-order valence-electron chi connectivity index (χ1n) is 18.4. The number of benzene rings is 3. The lowest BCUT2D eigenvalue weighted by Gasteiger charge is -2.49. The zero-order chi connectivity index (χ0) is 39.5. The first-order chi connectivity index (χ1) is 26.8. The van der Waals surface area contributed by atoms with E-state index >= 15 is 4.79 Å². The van der Waals surface area contributed by atoms with Gasteiger partial charge in [0.05, 0.1) is 40.8 Å². The average molecular weight is 789 g/mol. The fourth-order valence-electron chi connectivity index (χ4n) is 9.83. The molecule has 2 aliphatic heterocycles. The minimum absolute atomic E-state index is 0.136. The van der Waals surface area contributed by atoms with Crippen LogP contribution in [-0.2, 0) is 26.2 Å². The summed E-state index contributed by atoms with van der Waals surface area (Å²) in [5, 5.41) is 18.1. The molecule has 3 aromatic carbocycles. The summed E-state index contributed by atoms with van der Waals surface area (Å²) in [5.41, 5.74) is 2.15. The zero-order valence-corrected chi connectivity index (χ0v) is 32.8. The summed E-state index contributed by atoms with van der Waals surface area (Å²) in [6, 6.07) is 18.9. The van der Waals surface area contributed by atoms with E-state index in [0.29, 0.717) is 33.3 Å². The molecule has 1 saturated carbocycles. The minimum atomic E-state index is -1.39. The molecule has 2 saturated heterocycles. The molecule has 0 spiro atoms. The van der Waals surface area contributed by atoms with Crippen LogP contribution in [0.1, 0.15) is 54.1 Å². The number of allylic oxidation sites excluding steroid dienone is 2. The predicted octanol–water partition coefficient (Wildman–Crippen LogP) is 7.62. The number of hydrogen-bond donors (Lipinski definition) is 1. The first-order valence-corrected chi connectivity index (χ1v) is 19.6. The number of phenolic OH excluding ortho intramolecular Hbond substituents is 1. The summed E-state index contributed by atoms with van der Waals surface area (Å²) in [7, 11) is 3.14. The lowest BCUT2D eigenvalue weighted by atomic mass is 9.51. The fraction of sp³-hybridized carbons (Fsp3) is 0.302. The van der Waals surface area contributed by atoms with E-state index in [4.69, 9.17) is 21.4 Å². The van der Waals surface area contributed by atoms with Crippen molar-refractivity contribution in [3.05, 3.63) is 100 Å². The standard InChI is InChI=1S/C43H37ClN4O7S/c1-20-28-17-23(44)11-16-33(28)56-38(20)31-19-34(46(4)45-31)48-40(52)30-18-29-25(36(43(30,3)42(48)54)27-7-6-8-32(55-5)37(27)50)14-15-26-35(29)41(53)47(39(26)51)24-12-9-22(10-13-24)21(2)49/h6-14,16-17,19,26,29-30,35-36,50H,15,18H2,1-5H3. The number of halogens is 1. The van der Waals surface area contributed by atoms with Crippen LogP contribution in [0.15, 0.2) is 78.4 Å². The Morgan fingerprint density at radius 1 is 0.982 bits per heavy atom. The van der Waals surface area contributed by atoms with Crippen molar-refractivity contribution in [2.75, 3.05) is 16.9 Å². The molecule has 6 atom stereocenters. The topological polar surface area (TPSA) is 139 Å². The van der Waals surface area contributed by atoms with E-state index in [0.717, 1.165) is 26.1 Å². The van der Waals surface area contributed by atoms with Crippen LogP contribution in [-0.4, -0.2) is 51.4 Å². The van der Waals surface area contributed by atoms with Crippen LogP contribution in [0.2, 0.25) is 5.02 Å². The summed E-state index contributed by atoms with van der Waals surface area (Å²) >= 11 is 7.87. The quantitative estimate of drug-likeness (QED) is 0.105. The van der Waals surface area contributed by atoms with E-state index in [1.807, 2.05) is 31.2 Å². The van der Waals surface area contributed by atoms with Crippen LogP contribution in [0, 0.1) is 36.0 Å². The van der Waals surface area contributed by atoms with Gasteiger partial charge in [0.15, 0.2) is 17.3 Å². The summed E-state index contributed by atoms with van der Waals surface area (Å²) < 4.78 is 8.07. The van der Waals surface area contributed by atoms with E-state index in [1.54, 1.807) is 73.8 Å². The molecule has 6 unspecified atom stereocenters. The van der Waals surface area contributed by atoms with Crippen LogP contribution in [0.25, 0.3) is 20.7 Å². The van der Waals surface area contributed by atoms with E-state index < -0.39 is 52.7 Å². The lowest BCUT2D eigenvalue weighted by Crippen LogP contribution is -2.49. The predicted molar refractivity (Wildman–Crippen MR) is 212 cm³/mol. The Labute approximate surface area is 331 Å². The molecule has 56 heavy (non-hydrogen) atoms. The van der Waals surface area contributed by atoms with Crippen molar-refractivity contribution >= 4 is 73.9 Å². The molecule has 3 fully saturated rings. The average Bonchev–Trinajstić information content (AvgIpc) is 3.85. The number of imide groups is 2. The van der Waals surface area contributed by atoms with Crippen molar-refractivity contribution in [3.8, 4) is 22.1 Å². The third kappa shape index (κ3) is 4.94. The monoisotopic (exact) mass is 788 g/mol. The van der Waals surface area contributed by atoms with Gasteiger partial charge in [0.25, 0.3) is 0 Å². The number of aromatic nitrogens is 2. The van der Waals surface area contributed by atoms with Crippen molar-refractivity contribution in [2.45, 2.75) is 39.5 Å². The van der Waals surface area contributed by atoms with Crippen molar-refractivity contribution in [1.82, 2.24) is 9.78 Å². The van der Waals surface area contributed by atoms with E-state index in [9.17, 15) is 24.3 Å². The third-order valence-electron chi connectivity index (χ3n) is 12.6. The van der Waals surface area contributed by atoms with Crippen LogP contribution >= 0.6 is 22.9 Å². The van der Waals surface area contributed by atoms with Crippen molar-refractivity contribution < 1.29 is 33.8 Å². The number of carbonyl (C=O) groups is 5. The molecule has 0 bridgehead atoms. The van der Waals surface area contributed by atoms with Gasteiger partial charge >= 0.3 is 0 Å². The first kappa shape index (κ1) is 36.1. The second-order valence-corrected chi connectivity index (χ2v) is 16.9. The molecule has 11 nitrogen and oxygen atoms in total. The number of methoxy groups -OCH3 is 1. The minimum Gasteiger partial charge on any atom is -0.504 e. The number of anilines is 2. The van der Waals surface area contributed by atoms with Crippen LogP contribution < -0.4 is 14.5 Å². The molecule has 4 aliphatic rings. The van der Waals surface area contributed by atoms with Crippen molar-refractivity contribution in [3.63, 3.8) is 0 Å². The SMILES string of the molecule is COc1cccc(C2C3=CCC4C(=O)N(c5ccc(C(C)=O)cc5)C(=O)C4C3CC3C(=O)N(c4cc(-c5sc6ccc(Cl)cc6c5C)nn4C)C(=O)C32C)c1O. The van der Waals surface area contributed by atoms with Gasteiger partial charge < -0.3 is 9.84 Å². The highest BCUT2D eigenvalue weighted by Crippen LogP contribution is 2.65. The number of Topliss-reactive ketones (excluding diaryl/α,β-unsaturated/α-hetero) is 1. The molecule has 9 rings (SSSR count). The highest BCUT2D eigenvalue weighted by atomic mass is 35.5. The number of fused-ring (bicyclic) bond motifs is 5. The number of thiophene rings is 1. The van der Waals surface area contributed by atoms with Crippen LogP contribution in [0.4, 0.5) is 11.5 Å². The Morgan fingerprint density at radius 3 is 2.45 bits per heavy atom. The maximum absolute atomic E-state index is 15.2. The van der Waals surface area contributed by atoms with Gasteiger partial charge in [0.2, 0.25) is 23.6 Å². The number of phenols is 1. The van der Waals surface area contributed by atoms with Crippen LogP contribution in [0.5, 0.6) is 11.5 Å². The molecule has 2 aromatic heterocycles. The fourth-order valence-corrected chi connectivity index (χ4v) is 11.1. The van der Waals surface area contributed by atoms with E-state index in [-0.39, 0.29) is 36.0 Å². The van der Waals surface area contributed by atoms with E-state index in [1.165, 1.54) is 28.5 Å². The summed E-state index contributed by atoms with van der Waals surface area (Å²) in [5.74, 6) is -5.25. The number of carbonyl (C=O) groups excluding carboxylic acids is 5. The normalized spacial score (nSPS) is 25.8. The highest BCUT2D eigenvalue weighted by molar-refractivity contribution is 7.22. The van der Waals surface area contributed by atoms with Crippen molar-refractivity contribution in [2.24, 2.45) is 36.1 Å². The zero-order valence-electron chi connectivity index (χ0n) is 31.2. The van der Waals surface area contributed by atoms with Crippen LogP contribution in [0.3, 0.4) is 0 Å². The van der Waals surface area contributed by atoms with Gasteiger partial charge in [-0.3, -0.25) is 33.6 Å². The molecule has 5 aromatic rings. The maximum Gasteiger partial charge on any atom is 0.242 e. The molecular formula is C43H37ClN4O7S. The Kier molecular flexibility index (Phi) is 8.19. The van der Waals surface area contributed by atoms with E-state index in [2.05, 4.69) is 0 Å². The molecular weight excluding hydrogens is 752 g/mol. The van der Waals surface area contributed by atoms with Gasteiger partial charge in [0.1, 0.15) is 11.5 Å². The Morgan fingerprint density at radius 2 is 1.73 bits per heavy atom. The maximum atomic E-state index is 15.2. The molecule has 13 heteroatoms. The number of nitrogens with zero attached hydrogens (tertiary/aromatic N) is 4. The smallest absolute Gasteiger partial charge is 0.242 e. The number of amides is 4. The highest BCUT2D eigenvalue weighted by Gasteiger charge is 2.68. The third-order valence-corrected chi connectivity index (χ3v) is 14.1. The number of aryl methyl sites for hydroxylation is 2. The van der Waals surface area contributed by atoms with Gasteiger partial charge in [0, 0.05) is 39.9 Å². The Hall–Kier alpha value is -5.59. The summed E-state index contributed by atoms with van der Waals surface area (Å²) in [6.07, 6.45) is 2.31. The molecule has 4 amide bonds. The molecule has 0 radical (unpaired) electrons. The summed E-state index contributed by atoms with van der Waals surface area (Å²) in [6.45, 7) is 5.21. The van der Waals surface area contributed by atoms with Gasteiger partial charge in [-0.1, -0.05) is 35.4 Å². The second kappa shape index (κ2) is 12.7. The molecule has 4 heterocycles. The number of ketones is 1. The van der Waals surface area contributed by atoms with Crippen molar-refractivity contribution in [1.29, 1.82) is 0 Å². The molecule has 1 N–H and O–H groups in total. The second-order valence-electron chi connectivity index (χ2n) is 15.4. The number of aromatic hydroxyl groups is 1. The Bertz CT molecular complexity index is 2610. The number of hydrogen-bond acceptors (Lipinski definition) is 9. The number of ether oxygens (including phenoxy) is 1. The summed E-state index contributed by atoms with van der Waals surface area (Å²) in [4.78, 5) is 73.9. The molecule has 2 aliphatic carbocycles. The van der Waals surface area contributed by atoms with Gasteiger partial charge in [-0.05, 0) is 99.0 Å². The van der Waals surface area contributed by atoms with Gasteiger partial charge in [-0.2, -0.15) is 5.10 Å². The van der Waals surface area contributed by atoms with Gasteiger partial charge in [-0.15, -0.1) is 11.3 Å². The largest absolute Gasteiger partial charge is 0.504 e. The number of rotatable bonds is 6. The molecule has 284 valence electrons. The number of para-hydroxylation sites is 1. The van der Waals surface area contributed by atoms with Gasteiger partial charge in [-0.25, -0.2) is 4.90 Å². The Balaban J connectivity index is 1.15. The lowest BCUT2D eigenvalue weighted by molar-refractivity contribution is -0.131.